The third-order valence-electron chi connectivity index (χ3n) is 2.42. The number of carboxylic acids is 1. The SMILES string of the molecule is CC1CC(C)C(C(=O)O)CN1.Cl. The second-order valence-electron chi connectivity index (χ2n) is 3.47. The van der Waals surface area contributed by atoms with Gasteiger partial charge in [-0.3, -0.25) is 4.79 Å². The molecule has 3 atom stereocenters. The normalized spacial score (nSPS) is 35.3. The summed E-state index contributed by atoms with van der Waals surface area (Å²) in [4.78, 5) is 10.6. The molecule has 0 aromatic carbocycles. The quantitative estimate of drug-likeness (QED) is 0.657. The van der Waals surface area contributed by atoms with Gasteiger partial charge in [-0.2, -0.15) is 0 Å². The van der Waals surface area contributed by atoms with E-state index in [9.17, 15) is 4.79 Å². The van der Waals surface area contributed by atoms with Crippen molar-refractivity contribution >= 4 is 18.4 Å². The highest BCUT2D eigenvalue weighted by molar-refractivity contribution is 5.85. The van der Waals surface area contributed by atoms with Crippen molar-refractivity contribution in [2.24, 2.45) is 11.8 Å². The molecule has 12 heavy (non-hydrogen) atoms. The van der Waals surface area contributed by atoms with Crippen LogP contribution < -0.4 is 5.32 Å². The number of aliphatic carboxylic acids is 1. The molecule has 0 spiro atoms. The van der Waals surface area contributed by atoms with Crippen molar-refractivity contribution in [3.63, 3.8) is 0 Å². The molecule has 4 heteroatoms. The summed E-state index contributed by atoms with van der Waals surface area (Å²) in [6.45, 7) is 4.72. The zero-order chi connectivity index (χ0) is 8.43. The molecule has 1 aliphatic rings. The highest BCUT2D eigenvalue weighted by Gasteiger charge is 2.29. The first-order valence-corrected chi connectivity index (χ1v) is 4.07. The van der Waals surface area contributed by atoms with Gasteiger partial charge in [-0.15, -0.1) is 12.4 Å². The Hall–Kier alpha value is -0.280. The number of carbonyl (C=O) groups is 1. The van der Waals surface area contributed by atoms with Crippen LogP contribution in [-0.4, -0.2) is 23.7 Å². The largest absolute Gasteiger partial charge is 0.481 e. The lowest BCUT2D eigenvalue weighted by molar-refractivity contribution is -0.144. The van der Waals surface area contributed by atoms with Gasteiger partial charge in [0.15, 0.2) is 0 Å². The van der Waals surface area contributed by atoms with E-state index >= 15 is 0 Å². The monoisotopic (exact) mass is 193 g/mol. The van der Waals surface area contributed by atoms with Crippen LogP contribution in [0.3, 0.4) is 0 Å². The molecule has 1 heterocycles. The van der Waals surface area contributed by atoms with Crippen LogP contribution in [0.5, 0.6) is 0 Å². The molecule has 72 valence electrons. The molecule has 1 rings (SSSR count). The zero-order valence-electron chi connectivity index (χ0n) is 7.41. The van der Waals surface area contributed by atoms with Crippen molar-refractivity contribution in [3.05, 3.63) is 0 Å². The average molecular weight is 194 g/mol. The molecule has 0 radical (unpaired) electrons. The first kappa shape index (κ1) is 11.7. The van der Waals surface area contributed by atoms with Crippen LogP contribution in [0.4, 0.5) is 0 Å². The summed E-state index contributed by atoms with van der Waals surface area (Å²) in [6.07, 6.45) is 0.969. The first-order chi connectivity index (χ1) is 5.11. The maximum Gasteiger partial charge on any atom is 0.308 e. The number of rotatable bonds is 1. The maximum atomic E-state index is 10.6. The third kappa shape index (κ3) is 2.64. The highest BCUT2D eigenvalue weighted by atomic mass is 35.5. The maximum absolute atomic E-state index is 10.6. The lowest BCUT2D eigenvalue weighted by atomic mass is 9.85. The van der Waals surface area contributed by atoms with Crippen molar-refractivity contribution in [2.75, 3.05) is 6.54 Å². The van der Waals surface area contributed by atoms with Crippen molar-refractivity contribution in [1.29, 1.82) is 0 Å². The Morgan fingerprint density at radius 3 is 2.50 bits per heavy atom. The van der Waals surface area contributed by atoms with Crippen LogP contribution in [0.15, 0.2) is 0 Å². The Bertz CT molecular complexity index is 163. The molecule has 0 aliphatic carbocycles. The molecule has 0 saturated carbocycles. The van der Waals surface area contributed by atoms with Crippen LogP contribution in [0.25, 0.3) is 0 Å². The number of hydrogen-bond acceptors (Lipinski definition) is 2. The number of carboxylic acid groups (broad SMARTS) is 1. The van der Waals surface area contributed by atoms with E-state index in [1.54, 1.807) is 0 Å². The molecule has 1 saturated heterocycles. The van der Waals surface area contributed by atoms with Gasteiger partial charge in [-0.25, -0.2) is 0 Å². The smallest absolute Gasteiger partial charge is 0.308 e. The second-order valence-corrected chi connectivity index (χ2v) is 3.47. The predicted molar refractivity (Wildman–Crippen MR) is 49.6 cm³/mol. The van der Waals surface area contributed by atoms with Crippen molar-refractivity contribution < 1.29 is 9.90 Å². The van der Waals surface area contributed by atoms with Gasteiger partial charge in [-0.1, -0.05) is 6.92 Å². The Morgan fingerprint density at radius 2 is 2.08 bits per heavy atom. The van der Waals surface area contributed by atoms with E-state index in [-0.39, 0.29) is 18.3 Å². The topological polar surface area (TPSA) is 49.3 Å². The molecule has 0 bridgehead atoms. The van der Waals surface area contributed by atoms with E-state index < -0.39 is 5.97 Å². The van der Waals surface area contributed by atoms with Crippen LogP contribution in [0, 0.1) is 11.8 Å². The lowest BCUT2D eigenvalue weighted by Gasteiger charge is -2.30. The van der Waals surface area contributed by atoms with Crippen molar-refractivity contribution in [3.8, 4) is 0 Å². The summed E-state index contributed by atoms with van der Waals surface area (Å²) < 4.78 is 0. The van der Waals surface area contributed by atoms with E-state index in [4.69, 9.17) is 5.11 Å². The minimum absolute atomic E-state index is 0. The van der Waals surface area contributed by atoms with Gasteiger partial charge in [-0.05, 0) is 19.3 Å². The minimum atomic E-state index is -0.670. The van der Waals surface area contributed by atoms with Crippen molar-refractivity contribution in [2.45, 2.75) is 26.3 Å². The predicted octanol–water partition coefficient (Wildman–Crippen LogP) is 1.13. The van der Waals surface area contributed by atoms with E-state index in [0.717, 1.165) is 6.42 Å². The summed E-state index contributed by atoms with van der Waals surface area (Å²) in [7, 11) is 0. The van der Waals surface area contributed by atoms with E-state index in [0.29, 0.717) is 18.5 Å². The minimum Gasteiger partial charge on any atom is -0.481 e. The number of nitrogens with one attached hydrogen (secondary N) is 1. The summed E-state index contributed by atoms with van der Waals surface area (Å²) in [6, 6.07) is 0.473. The third-order valence-corrected chi connectivity index (χ3v) is 2.42. The van der Waals surface area contributed by atoms with Gasteiger partial charge < -0.3 is 10.4 Å². The standard InChI is InChI=1S/C8H15NO2.ClH/c1-5-3-6(2)9-4-7(5)8(10)11;/h5-7,9H,3-4H2,1-2H3,(H,10,11);1H. The number of hydrogen-bond donors (Lipinski definition) is 2. The average Bonchev–Trinajstić information content (AvgIpc) is 1.85. The first-order valence-electron chi connectivity index (χ1n) is 4.07. The molecule has 3 nitrogen and oxygen atoms in total. The molecule has 0 aromatic heterocycles. The molecule has 0 aromatic rings. The number of piperidine rings is 1. The van der Waals surface area contributed by atoms with Crippen LogP contribution in [0.1, 0.15) is 20.3 Å². The second kappa shape index (κ2) is 4.67. The van der Waals surface area contributed by atoms with Crippen LogP contribution in [-0.2, 0) is 4.79 Å². The van der Waals surface area contributed by atoms with Gasteiger partial charge in [0.2, 0.25) is 0 Å². The Labute approximate surface area is 78.9 Å². The van der Waals surface area contributed by atoms with Gasteiger partial charge >= 0.3 is 5.97 Å². The van der Waals surface area contributed by atoms with Gasteiger partial charge in [0.05, 0.1) is 5.92 Å². The summed E-state index contributed by atoms with van der Waals surface area (Å²) in [5, 5.41) is 11.9. The van der Waals surface area contributed by atoms with Crippen LogP contribution in [0.2, 0.25) is 0 Å². The Morgan fingerprint density at radius 1 is 1.50 bits per heavy atom. The molecule has 2 N–H and O–H groups in total. The fourth-order valence-electron chi connectivity index (χ4n) is 1.67. The molecular formula is C8H16ClNO2. The Balaban J connectivity index is 0.00000121. The van der Waals surface area contributed by atoms with E-state index in [2.05, 4.69) is 12.2 Å². The van der Waals surface area contributed by atoms with Gasteiger partial charge in [0.25, 0.3) is 0 Å². The molecule has 3 unspecified atom stereocenters. The zero-order valence-corrected chi connectivity index (χ0v) is 8.23. The van der Waals surface area contributed by atoms with E-state index in [1.165, 1.54) is 0 Å². The molecule has 0 amide bonds. The Kier molecular flexibility index (Phi) is 4.57. The fourth-order valence-corrected chi connectivity index (χ4v) is 1.67. The van der Waals surface area contributed by atoms with Gasteiger partial charge in [0, 0.05) is 12.6 Å². The lowest BCUT2D eigenvalue weighted by Crippen LogP contribution is -2.44. The van der Waals surface area contributed by atoms with Crippen molar-refractivity contribution in [1.82, 2.24) is 5.32 Å². The highest BCUT2D eigenvalue weighted by Crippen LogP contribution is 2.21. The number of halogens is 1. The fraction of sp³-hybridized carbons (Fsp3) is 0.875. The molecular weight excluding hydrogens is 178 g/mol. The van der Waals surface area contributed by atoms with Crippen LogP contribution >= 0.6 is 12.4 Å². The molecule has 1 fully saturated rings. The summed E-state index contributed by atoms with van der Waals surface area (Å²) in [5.41, 5.74) is 0. The molecule has 1 aliphatic heterocycles. The van der Waals surface area contributed by atoms with Gasteiger partial charge in [0.1, 0.15) is 0 Å². The summed E-state index contributed by atoms with van der Waals surface area (Å²) in [5.74, 6) is -0.549. The summed E-state index contributed by atoms with van der Waals surface area (Å²) >= 11 is 0. The van der Waals surface area contributed by atoms with E-state index in [1.807, 2.05) is 6.92 Å².